The topological polar surface area (TPSA) is 61.7 Å². The van der Waals surface area contributed by atoms with E-state index in [0.29, 0.717) is 5.92 Å². The molecule has 110 valence electrons. The summed E-state index contributed by atoms with van der Waals surface area (Å²) < 4.78 is 4.27. The van der Waals surface area contributed by atoms with Crippen molar-refractivity contribution in [2.75, 3.05) is 5.73 Å². The number of aromatic nitrogens is 4. The smallest absolute Gasteiger partial charge is 0.133 e. The van der Waals surface area contributed by atoms with Gasteiger partial charge < -0.3 is 14.9 Å². The molecule has 0 aliphatic heterocycles. The third-order valence-electron chi connectivity index (χ3n) is 3.42. The summed E-state index contributed by atoms with van der Waals surface area (Å²) in [6.07, 6.45) is 5.82. The highest BCUT2D eigenvalue weighted by Crippen LogP contribution is 2.29. The summed E-state index contributed by atoms with van der Waals surface area (Å²) in [5.74, 6) is 2.18. The van der Waals surface area contributed by atoms with Crippen LogP contribution in [-0.2, 0) is 13.1 Å². The maximum absolute atomic E-state index is 6.34. The molecule has 2 heterocycles. The van der Waals surface area contributed by atoms with E-state index in [1.807, 2.05) is 12.5 Å². The van der Waals surface area contributed by atoms with E-state index in [1.54, 1.807) is 0 Å². The van der Waals surface area contributed by atoms with E-state index in [2.05, 4.69) is 41.8 Å². The van der Waals surface area contributed by atoms with Crippen LogP contribution in [0.3, 0.4) is 0 Å². The Balaban J connectivity index is 2.51. The van der Waals surface area contributed by atoms with Gasteiger partial charge in [0, 0.05) is 19.0 Å². The molecule has 2 aromatic heterocycles. The van der Waals surface area contributed by atoms with Crippen LogP contribution < -0.4 is 5.73 Å². The van der Waals surface area contributed by atoms with Crippen LogP contribution in [0.25, 0.3) is 11.4 Å². The van der Waals surface area contributed by atoms with Crippen molar-refractivity contribution in [3.63, 3.8) is 0 Å². The molecule has 0 unspecified atom stereocenters. The van der Waals surface area contributed by atoms with E-state index in [-0.39, 0.29) is 0 Å². The number of nitrogens with two attached hydrogens (primary N) is 1. The molecule has 0 saturated heterocycles. The van der Waals surface area contributed by atoms with Gasteiger partial charge in [-0.1, -0.05) is 27.7 Å². The highest BCUT2D eigenvalue weighted by atomic mass is 15.2. The number of rotatable bonds is 6. The van der Waals surface area contributed by atoms with Crippen LogP contribution in [0.1, 0.15) is 52.3 Å². The second-order valence-electron chi connectivity index (χ2n) is 5.48. The zero-order chi connectivity index (χ0) is 14.7. The largest absolute Gasteiger partial charge is 0.383 e. The molecular weight excluding hydrogens is 250 g/mol. The highest BCUT2D eigenvalue weighted by Gasteiger charge is 2.19. The minimum absolute atomic E-state index is 0.361. The summed E-state index contributed by atoms with van der Waals surface area (Å²) in [7, 11) is 0. The number of anilines is 1. The zero-order valence-corrected chi connectivity index (χ0v) is 12.9. The van der Waals surface area contributed by atoms with Gasteiger partial charge >= 0.3 is 0 Å². The molecule has 20 heavy (non-hydrogen) atoms. The van der Waals surface area contributed by atoms with Gasteiger partial charge in [-0.2, -0.15) is 0 Å². The fourth-order valence-electron chi connectivity index (χ4n) is 2.51. The van der Waals surface area contributed by atoms with Gasteiger partial charge in [-0.25, -0.2) is 9.97 Å². The van der Waals surface area contributed by atoms with Crippen LogP contribution >= 0.6 is 0 Å². The summed E-state index contributed by atoms with van der Waals surface area (Å²) >= 11 is 0. The Kier molecular flexibility index (Phi) is 4.47. The van der Waals surface area contributed by atoms with Gasteiger partial charge in [-0.15, -0.1) is 0 Å². The van der Waals surface area contributed by atoms with Crippen molar-refractivity contribution in [3.8, 4) is 11.4 Å². The average Bonchev–Trinajstić information content (AvgIpc) is 2.97. The molecule has 0 amide bonds. The maximum atomic E-state index is 6.34. The second-order valence-corrected chi connectivity index (χ2v) is 5.48. The summed E-state index contributed by atoms with van der Waals surface area (Å²) in [6.45, 7) is 10.5. The van der Waals surface area contributed by atoms with Gasteiger partial charge in [0.25, 0.3) is 0 Å². The van der Waals surface area contributed by atoms with Crippen molar-refractivity contribution in [2.45, 2.75) is 59.5 Å². The Hall–Kier alpha value is -1.78. The minimum atomic E-state index is 0.361. The van der Waals surface area contributed by atoms with E-state index in [4.69, 9.17) is 10.7 Å². The summed E-state index contributed by atoms with van der Waals surface area (Å²) in [4.78, 5) is 9.04. The van der Waals surface area contributed by atoms with Crippen molar-refractivity contribution in [2.24, 2.45) is 0 Å². The molecule has 0 atom stereocenters. The SMILES string of the molecule is CCCn1cncc1-c1nc(C(C)C)n(CCC)c1N. The molecule has 0 bridgehead atoms. The van der Waals surface area contributed by atoms with E-state index in [9.17, 15) is 0 Å². The van der Waals surface area contributed by atoms with E-state index in [1.165, 1.54) is 0 Å². The lowest BCUT2D eigenvalue weighted by molar-refractivity contribution is 0.616. The van der Waals surface area contributed by atoms with E-state index in [0.717, 1.165) is 49.0 Å². The second kappa shape index (κ2) is 6.11. The van der Waals surface area contributed by atoms with Crippen LogP contribution in [-0.4, -0.2) is 19.1 Å². The first-order chi connectivity index (χ1) is 9.60. The first kappa shape index (κ1) is 14.6. The number of hydrogen-bond acceptors (Lipinski definition) is 3. The van der Waals surface area contributed by atoms with Gasteiger partial charge in [-0.05, 0) is 12.8 Å². The molecule has 0 fully saturated rings. The molecule has 2 aromatic rings. The monoisotopic (exact) mass is 275 g/mol. The van der Waals surface area contributed by atoms with Gasteiger partial charge in [-0.3, -0.25) is 0 Å². The molecule has 0 aromatic carbocycles. The summed E-state index contributed by atoms with van der Waals surface area (Å²) in [5.41, 5.74) is 8.23. The molecule has 2 rings (SSSR count). The van der Waals surface area contributed by atoms with Crippen LogP contribution in [0, 0.1) is 0 Å². The third-order valence-corrected chi connectivity index (χ3v) is 3.42. The van der Waals surface area contributed by atoms with Crippen molar-refractivity contribution in [3.05, 3.63) is 18.3 Å². The third kappa shape index (κ3) is 2.57. The average molecular weight is 275 g/mol. The molecule has 2 N–H and O–H groups in total. The number of nitrogen functional groups attached to an aromatic ring is 1. The van der Waals surface area contributed by atoms with Crippen LogP contribution in [0.5, 0.6) is 0 Å². The molecule has 0 radical (unpaired) electrons. The van der Waals surface area contributed by atoms with Crippen LogP contribution in [0.4, 0.5) is 5.82 Å². The fraction of sp³-hybridized carbons (Fsp3) is 0.600. The Morgan fingerprint density at radius 1 is 1.20 bits per heavy atom. The first-order valence-electron chi connectivity index (χ1n) is 7.46. The molecule has 5 heteroatoms. The summed E-state index contributed by atoms with van der Waals surface area (Å²) in [5, 5.41) is 0. The quantitative estimate of drug-likeness (QED) is 0.880. The minimum Gasteiger partial charge on any atom is -0.383 e. The van der Waals surface area contributed by atoms with E-state index >= 15 is 0 Å². The highest BCUT2D eigenvalue weighted by molar-refractivity contribution is 5.68. The van der Waals surface area contributed by atoms with Crippen molar-refractivity contribution >= 4 is 5.82 Å². The van der Waals surface area contributed by atoms with Gasteiger partial charge in [0.05, 0.1) is 18.2 Å². The molecule has 0 aliphatic rings. The van der Waals surface area contributed by atoms with Crippen molar-refractivity contribution in [1.29, 1.82) is 0 Å². The lowest BCUT2D eigenvalue weighted by Crippen LogP contribution is -2.08. The number of imidazole rings is 2. The number of aryl methyl sites for hydroxylation is 1. The van der Waals surface area contributed by atoms with E-state index < -0.39 is 0 Å². The molecule has 0 aliphatic carbocycles. The molecule has 0 saturated carbocycles. The lowest BCUT2D eigenvalue weighted by atomic mass is 10.2. The predicted octanol–water partition coefficient (Wildman–Crippen LogP) is 3.27. The Morgan fingerprint density at radius 2 is 1.90 bits per heavy atom. The fourth-order valence-corrected chi connectivity index (χ4v) is 2.51. The molecular formula is C15H25N5. The van der Waals surface area contributed by atoms with Crippen molar-refractivity contribution < 1.29 is 0 Å². The van der Waals surface area contributed by atoms with Crippen LogP contribution in [0.15, 0.2) is 12.5 Å². The lowest BCUT2D eigenvalue weighted by Gasteiger charge is -2.10. The zero-order valence-electron chi connectivity index (χ0n) is 12.9. The molecule has 0 spiro atoms. The van der Waals surface area contributed by atoms with Gasteiger partial charge in [0.15, 0.2) is 0 Å². The molecule has 5 nitrogen and oxygen atoms in total. The van der Waals surface area contributed by atoms with Gasteiger partial charge in [0.2, 0.25) is 0 Å². The number of hydrogen-bond donors (Lipinski definition) is 1. The Labute approximate surface area is 120 Å². The maximum Gasteiger partial charge on any atom is 0.133 e. The number of nitrogens with zero attached hydrogens (tertiary/aromatic N) is 4. The standard InChI is InChI=1S/C15H25N5/c1-5-7-19-10-17-9-12(19)13-14(16)20(8-6-2)15(18-13)11(3)4/h9-11H,5-8,16H2,1-4H3. The van der Waals surface area contributed by atoms with Crippen molar-refractivity contribution in [1.82, 2.24) is 19.1 Å². The Bertz CT molecular complexity index is 565. The predicted molar refractivity (Wildman–Crippen MR) is 82.5 cm³/mol. The van der Waals surface area contributed by atoms with Crippen LogP contribution in [0.2, 0.25) is 0 Å². The van der Waals surface area contributed by atoms with Gasteiger partial charge in [0.1, 0.15) is 17.3 Å². The first-order valence-corrected chi connectivity index (χ1v) is 7.46. The summed E-state index contributed by atoms with van der Waals surface area (Å²) in [6, 6.07) is 0. The normalized spacial score (nSPS) is 11.4. The Morgan fingerprint density at radius 3 is 2.50 bits per heavy atom.